The summed E-state index contributed by atoms with van der Waals surface area (Å²) in [4.78, 5) is 15.3. The summed E-state index contributed by atoms with van der Waals surface area (Å²) in [6.45, 7) is -2.65. The molecule has 3 N–H and O–H groups in total. The molecule has 0 bridgehead atoms. The fourth-order valence-electron chi connectivity index (χ4n) is 5.35. The number of nitrogens with zero attached hydrogens (tertiary/aromatic N) is 2. The van der Waals surface area contributed by atoms with Gasteiger partial charge in [-0.15, -0.1) is 11.3 Å². The molecular weight excluding hydrogens is 611 g/mol. The Kier molecular flexibility index (Phi) is 6.75. The van der Waals surface area contributed by atoms with Gasteiger partial charge in [-0.05, 0) is 73.5 Å². The molecule has 4 aromatic rings. The van der Waals surface area contributed by atoms with Crippen LogP contribution >= 0.6 is 11.3 Å². The van der Waals surface area contributed by atoms with E-state index in [0.717, 1.165) is 42.0 Å². The molecule has 0 spiro atoms. The van der Waals surface area contributed by atoms with Crippen LogP contribution in [0.15, 0.2) is 53.4 Å². The normalized spacial score (nSPS) is 17.6. The maximum Gasteiger partial charge on any atom is 0.355 e. The number of hydrogen-bond donors (Lipinski definition) is 2. The number of sulfonamides is 1. The number of primary sulfonamides is 1. The van der Waals surface area contributed by atoms with Crippen LogP contribution in [0.25, 0.3) is 21.8 Å². The number of hydrogen-bond acceptors (Lipinski definition) is 5. The number of aryl methyl sites for hydroxylation is 1. The molecule has 0 saturated heterocycles. The fourth-order valence-corrected chi connectivity index (χ4v) is 6.79. The Bertz CT molecular complexity index is 2070. The lowest BCUT2D eigenvalue weighted by molar-refractivity contribution is -0.0936. The van der Waals surface area contributed by atoms with E-state index >= 15 is 0 Å². The first-order valence-corrected chi connectivity index (χ1v) is 16.1. The Morgan fingerprint density at radius 1 is 1.23 bits per heavy atom. The summed E-state index contributed by atoms with van der Waals surface area (Å²) < 4.78 is 90.9. The van der Waals surface area contributed by atoms with E-state index < -0.39 is 51.1 Å². The number of carbonyl (C=O) groups is 1. The number of carboxylic acids is 1. The van der Waals surface area contributed by atoms with Crippen molar-refractivity contribution in [2.45, 2.75) is 56.3 Å². The minimum atomic E-state index is -4.30. The quantitative estimate of drug-likeness (QED) is 0.214. The van der Waals surface area contributed by atoms with Crippen LogP contribution in [0.2, 0.25) is 0 Å². The van der Waals surface area contributed by atoms with Crippen LogP contribution in [0.4, 0.5) is 13.2 Å². The molecule has 2 aromatic heterocycles. The van der Waals surface area contributed by atoms with Crippen LogP contribution in [-0.4, -0.2) is 35.0 Å². The van der Waals surface area contributed by atoms with Crippen molar-refractivity contribution in [3.63, 3.8) is 0 Å². The number of rotatable bonds is 8. The van der Waals surface area contributed by atoms with Crippen molar-refractivity contribution >= 4 is 27.3 Å². The van der Waals surface area contributed by atoms with Gasteiger partial charge in [-0.2, -0.15) is 0 Å². The zero-order valence-electron chi connectivity index (χ0n) is 26.1. The third-order valence-corrected chi connectivity index (χ3v) is 9.61. The van der Waals surface area contributed by atoms with E-state index in [9.17, 15) is 31.5 Å². The number of halogens is 3. The second-order valence-corrected chi connectivity index (χ2v) is 13.8. The third kappa shape index (κ3) is 6.31. The van der Waals surface area contributed by atoms with Crippen LogP contribution in [0.5, 0.6) is 0 Å². The van der Waals surface area contributed by atoms with E-state index in [1.165, 1.54) is 6.07 Å². The van der Waals surface area contributed by atoms with Gasteiger partial charge in [-0.3, -0.25) is 0 Å². The van der Waals surface area contributed by atoms with Gasteiger partial charge in [0.25, 0.3) is 5.92 Å². The van der Waals surface area contributed by atoms with Gasteiger partial charge in [0.05, 0.1) is 0 Å². The Morgan fingerprint density at radius 3 is 2.61 bits per heavy atom. The summed E-state index contributed by atoms with van der Waals surface area (Å²) in [5.41, 5.74) is 2.92. The first kappa shape index (κ1) is 26.5. The van der Waals surface area contributed by atoms with Crippen molar-refractivity contribution in [3.8, 4) is 33.7 Å². The van der Waals surface area contributed by atoms with E-state index in [0.29, 0.717) is 40.3 Å². The fraction of sp³-hybridized carbons (Fsp3) is 0.312. The van der Waals surface area contributed by atoms with E-state index in [4.69, 9.17) is 9.25 Å². The standard InChI is InChI=1S/C32H28F3N3O4S2/c1-18-29(31(39)40)37-30(43-18)24-14-26(23-4-2-3-19(11-23)7-8-22-15-32(34,35)16-22)38(27(24)13-20-5-6-20)17-21-9-10-28(25(33)12-21)44(36,41)42/h2-4,9-12,14,20,22H,5-6,13,15-17H2,1H3,(H,39,40)(H2,36,41,42)/i1D3. The SMILES string of the molecule is [2H]C([2H])([2H])c1sc(-c2cc(-c3cccc(C#CC4CC(F)(F)C4)c3)n(Cc3ccc(S(N)(=O)=O)c(F)c3)c2CC2CC2)nc1C(=O)O. The van der Waals surface area contributed by atoms with Crippen molar-refractivity contribution in [3.05, 3.63) is 81.7 Å². The van der Waals surface area contributed by atoms with Crippen LogP contribution in [0.3, 0.4) is 0 Å². The number of aromatic nitrogens is 2. The molecule has 7 nitrogen and oxygen atoms in total. The van der Waals surface area contributed by atoms with Gasteiger partial charge < -0.3 is 9.67 Å². The lowest BCUT2D eigenvalue weighted by Gasteiger charge is -2.31. The average Bonchev–Trinajstić information content (AvgIpc) is 3.54. The number of aromatic carboxylic acids is 1. The number of benzene rings is 2. The average molecular weight is 643 g/mol. The molecule has 6 rings (SSSR count). The molecule has 44 heavy (non-hydrogen) atoms. The van der Waals surface area contributed by atoms with Crippen molar-refractivity contribution < 1.29 is 35.6 Å². The highest BCUT2D eigenvalue weighted by Crippen LogP contribution is 2.43. The van der Waals surface area contributed by atoms with Crippen molar-refractivity contribution in [2.24, 2.45) is 17.0 Å². The Morgan fingerprint density at radius 2 is 2.00 bits per heavy atom. The Hall–Kier alpha value is -3.92. The molecule has 2 aromatic carbocycles. The molecule has 2 heterocycles. The van der Waals surface area contributed by atoms with E-state index in [2.05, 4.69) is 16.8 Å². The number of thiazole rings is 1. The minimum absolute atomic E-state index is 0.0650. The van der Waals surface area contributed by atoms with Crippen LogP contribution in [0, 0.1) is 36.3 Å². The molecule has 0 atom stereocenters. The predicted molar refractivity (Wildman–Crippen MR) is 161 cm³/mol. The van der Waals surface area contributed by atoms with Gasteiger partial charge in [0.2, 0.25) is 10.0 Å². The van der Waals surface area contributed by atoms with Crippen molar-refractivity contribution in [2.75, 3.05) is 0 Å². The molecule has 228 valence electrons. The first-order valence-electron chi connectivity index (χ1n) is 15.3. The van der Waals surface area contributed by atoms with Gasteiger partial charge in [-0.25, -0.2) is 36.5 Å². The van der Waals surface area contributed by atoms with E-state index in [1.807, 2.05) is 10.6 Å². The van der Waals surface area contributed by atoms with Crippen molar-refractivity contribution in [1.82, 2.24) is 9.55 Å². The summed E-state index contributed by atoms with van der Waals surface area (Å²) in [7, 11) is -4.30. The zero-order valence-corrected chi connectivity index (χ0v) is 24.7. The highest BCUT2D eigenvalue weighted by Gasteiger charge is 2.44. The van der Waals surface area contributed by atoms with Gasteiger partial charge in [0.15, 0.2) is 5.69 Å². The number of carboxylic acid groups (broad SMARTS) is 1. The van der Waals surface area contributed by atoms with Crippen LogP contribution in [0.1, 0.15) is 62.0 Å². The molecule has 2 aliphatic rings. The van der Waals surface area contributed by atoms with Crippen LogP contribution < -0.4 is 5.14 Å². The molecular formula is C32H28F3N3O4S2. The largest absolute Gasteiger partial charge is 0.476 e. The summed E-state index contributed by atoms with van der Waals surface area (Å²) in [6, 6.07) is 12.5. The summed E-state index contributed by atoms with van der Waals surface area (Å²) >= 11 is 0.771. The number of alkyl halides is 2. The highest BCUT2D eigenvalue weighted by molar-refractivity contribution is 7.89. The summed E-state index contributed by atoms with van der Waals surface area (Å²) in [5.74, 6) is 0.586. The van der Waals surface area contributed by atoms with Gasteiger partial charge >= 0.3 is 5.97 Å². The maximum absolute atomic E-state index is 14.9. The lowest BCUT2D eigenvalue weighted by Crippen LogP contribution is -2.34. The monoisotopic (exact) mass is 642 g/mol. The smallest absolute Gasteiger partial charge is 0.355 e. The topological polar surface area (TPSA) is 115 Å². The molecule has 0 unspecified atom stereocenters. The molecule has 12 heteroatoms. The number of nitrogens with two attached hydrogens (primary N) is 1. The Balaban J connectivity index is 1.51. The minimum Gasteiger partial charge on any atom is -0.476 e. The third-order valence-electron chi connectivity index (χ3n) is 7.76. The van der Waals surface area contributed by atoms with Gasteiger partial charge in [0, 0.05) is 56.8 Å². The van der Waals surface area contributed by atoms with Gasteiger partial charge in [-0.1, -0.05) is 30.0 Å². The second-order valence-electron chi connectivity index (χ2n) is 11.2. The molecule has 2 aliphatic carbocycles. The predicted octanol–water partition coefficient (Wildman–Crippen LogP) is 6.47. The zero-order chi connectivity index (χ0) is 33.9. The first-order chi connectivity index (χ1) is 22.0. The Labute approximate surface area is 260 Å². The van der Waals surface area contributed by atoms with E-state index in [-0.39, 0.29) is 29.3 Å². The molecule has 0 amide bonds. The van der Waals surface area contributed by atoms with Crippen LogP contribution in [-0.2, 0) is 23.0 Å². The van der Waals surface area contributed by atoms with E-state index in [1.54, 1.807) is 24.3 Å². The molecule has 0 radical (unpaired) electrons. The molecule has 0 aliphatic heterocycles. The molecule has 2 saturated carbocycles. The molecule has 2 fully saturated rings. The maximum atomic E-state index is 14.9. The lowest BCUT2D eigenvalue weighted by atomic mass is 9.82. The summed E-state index contributed by atoms with van der Waals surface area (Å²) in [5, 5.41) is 15.1. The second kappa shape index (κ2) is 11.2. The highest BCUT2D eigenvalue weighted by atomic mass is 32.2. The summed E-state index contributed by atoms with van der Waals surface area (Å²) in [6.07, 6.45) is 1.85. The van der Waals surface area contributed by atoms with Crippen molar-refractivity contribution in [1.29, 1.82) is 0 Å². The van der Waals surface area contributed by atoms with Gasteiger partial charge in [0.1, 0.15) is 15.7 Å².